The van der Waals surface area contributed by atoms with Gasteiger partial charge in [-0.05, 0) is 49.6 Å². The summed E-state index contributed by atoms with van der Waals surface area (Å²) in [7, 11) is 1.64. The van der Waals surface area contributed by atoms with Gasteiger partial charge in [0.05, 0.1) is 18.9 Å². The number of thiophene rings is 1. The number of carbonyl (C=O) groups excluding carboxylic acids is 1. The number of amides is 1. The van der Waals surface area contributed by atoms with E-state index in [0.29, 0.717) is 5.75 Å². The molecule has 27 heavy (non-hydrogen) atoms. The van der Waals surface area contributed by atoms with E-state index in [9.17, 15) is 4.79 Å². The predicted octanol–water partition coefficient (Wildman–Crippen LogP) is 4.00. The second kappa shape index (κ2) is 9.05. The van der Waals surface area contributed by atoms with Gasteiger partial charge >= 0.3 is 0 Å². The van der Waals surface area contributed by atoms with Gasteiger partial charge in [-0.15, -0.1) is 21.5 Å². The van der Waals surface area contributed by atoms with E-state index < -0.39 is 0 Å². The molecule has 0 unspecified atom stereocenters. The van der Waals surface area contributed by atoms with Gasteiger partial charge in [0, 0.05) is 17.0 Å². The second-order valence-corrected chi connectivity index (χ2v) is 7.79. The zero-order chi connectivity index (χ0) is 19.2. The third-order valence-corrected chi connectivity index (χ3v) is 6.08. The van der Waals surface area contributed by atoms with Crippen LogP contribution >= 0.6 is 23.1 Å². The Labute approximate surface area is 167 Å². The molecular formula is C19H22N4O2S2. The van der Waals surface area contributed by atoms with E-state index in [1.807, 2.05) is 60.2 Å². The molecule has 0 radical (unpaired) electrons. The van der Waals surface area contributed by atoms with Crippen LogP contribution in [0.3, 0.4) is 0 Å². The average Bonchev–Trinajstić information content (AvgIpc) is 3.36. The largest absolute Gasteiger partial charge is 0.497 e. The van der Waals surface area contributed by atoms with Crippen LogP contribution in [0.5, 0.6) is 5.75 Å². The molecule has 0 bridgehead atoms. The smallest absolute Gasteiger partial charge is 0.230 e. The minimum Gasteiger partial charge on any atom is -0.497 e. The van der Waals surface area contributed by atoms with E-state index in [1.54, 1.807) is 18.4 Å². The zero-order valence-corrected chi connectivity index (χ0v) is 17.1. The van der Waals surface area contributed by atoms with Gasteiger partial charge in [0.25, 0.3) is 0 Å². The second-order valence-electron chi connectivity index (χ2n) is 5.87. The molecule has 6 nitrogen and oxygen atoms in total. The van der Waals surface area contributed by atoms with E-state index in [2.05, 4.69) is 15.5 Å². The van der Waals surface area contributed by atoms with Crippen molar-refractivity contribution in [3.8, 4) is 17.1 Å². The fourth-order valence-electron chi connectivity index (χ4n) is 2.66. The van der Waals surface area contributed by atoms with E-state index in [0.717, 1.165) is 33.7 Å². The number of methoxy groups -OCH3 is 1. The molecule has 8 heteroatoms. The fourth-order valence-corrected chi connectivity index (χ4v) is 4.20. The van der Waals surface area contributed by atoms with Crippen molar-refractivity contribution in [2.24, 2.45) is 0 Å². The Kier molecular flexibility index (Phi) is 6.52. The Hall–Kier alpha value is -2.32. The number of thioether (sulfide) groups is 1. The van der Waals surface area contributed by atoms with Crippen LogP contribution in [0.4, 0.5) is 0 Å². The quantitative estimate of drug-likeness (QED) is 0.577. The Morgan fingerprint density at radius 1 is 1.30 bits per heavy atom. The van der Waals surface area contributed by atoms with E-state index in [4.69, 9.17) is 4.74 Å². The first kappa shape index (κ1) is 19.4. The van der Waals surface area contributed by atoms with E-state index in [-0.39, 0.29) is 11.9 Å². The van der Waals surface area contributed by atoms with Crippen molar-refractivity contribution >= 4 is 29.0 Å². The first-order chi connectivity index (χ1) is 13.1. The number of hydrogen-bond acceptors (Lipinski definition) is 6. The monoisotopic (exact) mass is 402 g/mol. The van der Waals surface area contributed by atoms with Crippen molar-refractivity contribution in [1.29, 1.82) is 0 Å². The van der Waals surface area contributed by atoms with Gasteiger partial charge in [-0.1, -0.05) is 17.8 Å². The van der Waals surface area contributed by atoms with Crippen molar-refractivity contribution in [3.05, 3.63) is 46.7 Å². The highest BCUT2D eigenvalue weighted by Gasteiger charge is 2.16. The minimum absolute atomic E-state index is 0.0111. The summed E-state index contributed by atoms with van der Waals surface area (Å²) >= 11 is 3.04. The number of nitrogens with zero attached hydrogens (tertiary/aromatic N) is 3. The highest BCUT2D eigenvalue weighted by Crippen LogP contribution is 2.26. The predicted molar refractivity (Wildman–Crippen MR) is 109 cm³/mol. The molecule has 0 fully saturated rings. The maximum Gasteiger partial charge on any atom is 0.230 e. The van der Waals surface area contributed by atoms with Crippen LogP contribution in [0.1, 0.15) is 24.8 Å². The molecule has 1 N–H and O–H groups in total. The third-order valence-electron chi connectivity index (χ3n) is 4.06. The van der Waals surface area contributed by atoms with E-state index >= 15 is 0 Å². The number of carbonyl (C=O) groups is 1. The maximum absolute atomic E-state index is 12.3. The van der Waals surface area contributed by atoms with Crippen LogP contribution < -0.4 is 10.1 Å². The number of aromatic nitrogens is 3. The molecule has 3 aromatic rings. The summed E-state index contributed by atoms with van der Waals surface area (Å²) in [6, 6.07) is 11.7. The van der Waals surface area contributed by atoms with Gasteiger partial charge in [0.15, 0.2) is 11.0 Å². The lowest BCUT2D eigenvalue weighted by Crippen LogP contribution is -2.27. The molecule has 0 saturated carbocycles. The number of benzene rings is 1. The Morgan fingerprint density at radius 2 is 2.07 bits per heavy atom. The summed E-state index contributed by atoms with van der Waals surface area (Å²) in [5.41, 5.74) is 0.966. The van der Waals surface area contributed by atoms with E-state index in [1.165, 1.54) is 11.8 Å². The van der Waals surface area contributed by atoms with Gasteiger partial charge in [0.2, 0.25) is 5.91 Å². The van der Waals surface area contributed by atoms with Crippen molar-refractivity contribution < 1.29 is 9.53 Å². The van der Waals surface area contributed by atoms with Crippen LogP contribution in [0.25, 0.3) is 11.4 Å². The highest BCUT2D eigenvalue weighted by atomic mass is 32.2. The summed E-state index contributed by atoms with van der Waals surface area (Å²) in [6.45, 7) is 4.76. The zero-order valence-electron chi connectivity index (χ0n) is 15.5. The molecule has 142 valence electrons. The van der Waals surface area contributed by atoms with Crippen molar-refractivity contribution in [3.63, 3.8) is 0 Å². The van der Waals surface area contributed by atoms with Crippen LogP contribution in [0.2, 0.25) is 0 Å². The molecule has 0 saturated heterocycles. The standard InChI is InChI=1S/C19H22N4O2S2/c1-4-23-18(14-7-9-15(25-3)10-8-14)21-22-19(23)27-12-17(24)20-13(2)16-6-5-11-26-16/h5-11,13H,4,12H2,1-3H3,(H,20,24)/t13-/m0/s1. The lowest BCUT2D eigenvalue weighted by atomic mass is 10.2. The number of nitrogens with one attached hydrogen (secondary N) is 1. The molecule has 0 aliphatic carbocycles. The van der Waals surface area contributed by atoms with Crippen LogP contribution in [-0.2, 0) is 11.3 Å². The average molecular weight is 403 g/mol. The Balaban J connectivity index is 1.65. The number of ether oxygens (including phenoxy) is 1. The molecule has 1 amide bonds. The van der Waals surface area contributed by atoms with Crippen LogP contribution in [0.15, 0.2) is 46.9 Å². The summed E-state index contributed by atoms with van der Waals surface area (Å²) in [5, 5.41) is 14.4. The maximum atomic E-state index is 12.3. The van der Waals surface area contributed by atoms with Gasteiger partial charge in [-0.3, -0.25) is 4.79 Å². The topological polar surface area (TPSA) is 69.0 Å². The summed E-state index contributed by atoms with van der Waals surface area (Å²) < 4.78 is 7.22. The van der Waals surface area contributed by atoms with Gasteiger partial charge < -0.3 is 14.6 Å². The lowest BCUT2D eigenvalue weighted by Gasteiger charge is -2.12. The fraction of sp³-hybridized carbons (Fsp3) is 0.316. The first-order valence-electron chi connectivity index (χ1n) is 8.65. The third kappa shape index (κ3) is 4.70. The number of rotatable bonds is 8. The molecule has 2 heterocycles. The molecule has 0 aliphatic rings. The summed E-state index contributed by atoms with van der Waals surface area (Å²) in [4.78, 5) is 13.4. The van der Waals surface area contributed by atoms with Crippen LogP contribution in [0, 0.1) is 0 Å². The summed E-state index contributed by atoms with van der Waals surface area (Å²) in [6.07, 6.45) is 0. The van der Waals surface area contributed by atoms with Crippen molar-refractivity contribution in [2.45, 2.75) is 31.6 Å². The van der Waals surface area contributed by atoms with Crippen molar-refractivity contribution in [1.82, 2.24) is 20.1 Å². The molecular weight excluding hydrogens is 380 g/mol. The van der Waals surface area contributed by atoms with Gasteiger partial charge in [-0.2, -0.15) is 0 Å². The van der Waals surface area contributed by atoms with Gasteiger partial charge in [-0.25, -0.2) is 0 Å². The molecule has 0 spiro atoms. The summed E-state index contributed by atoms with van der Waals surface area (Å²) in [5.74, 6) is 1.87. The lowest BCUT2D eigenvalue weighted by molar-refractivity contribution is -0.119. The van der Waals surface area contributed by atoms with Gasteiger partial charge in [0.1, 0.15) is 5.75 Å². The first-order valence-corrected chi connectivity index (χ1v) is 10.5. The minimum atomic E-state index is -0.0162. The molecule has 0 aliphatic heterocycles. The van der Waals surface area contributed by atoms with Crippen LogP contribution in [-0.4, -0.2) is 33.5 Å². The highest BCUT2D eigenvalue weighted by molar-refractivity contribution is 7.99. The molecule has 3 rings (SSSR count). The molecule has 1 atom stereocenters. The number of hydrogen-bond donors (Lipinski definition) is 1. The van der Waals surface area contributed by atoms with Crippen molar-refractivity contribution in [2.75, 3.05) is 12.9 Å². The molecule has 1 aromatic carbocycles. The normalized spacial score (nSPS) is 12.0. The Bertz CT molecular complexity index is 876. The SMILES string of the molecule is CCn1c(SCC(=O)N[C@@H](C)c2cccs2)nnc1-c1ccc(OC)cc1. The molecule has 2 aromatic heterocycles. The Morgan fingerprint density at radius 3 is 2.70 bits per heavy atom.